The van der Waals surface area contributed by atoms with E-state index in [-0.39, 0.29) is 23.8 Å². The third-order valence-electron chi connectivity index (χ3n) is 4.13. The van der Waals surface area contributed by atoms with Gasteiger partial charge in [-0.3, -0.25) is 4.79 Å². The Balaban J connectivity index is 2.13. The van der Waals surface area contributed by atoms with Gasteiger partial charge in [0.15, 0.2) is 0 Å². The molecule has 1 aromatic heterocycles. The Morgan fingerprint density at radius 3 is 2.62 bits per heavy atom. The quantitative estimate of drug-likeness (QED) is 0.843. The topological polar surface area (TPSA) is 108 Å². The SMILES string of the molecule is Cc1oc(CN(C)C(=O)[C@H]2CCCCN2S(C)(=O)=O)cc1C(=O)O. The van der Waals surface area contributed by atoms with Crippen LogP contribution >= 0.6 is 0 Å². The highest BCUT2D eigenvalue weighted by Gasteiger charge is 2.36. The van der Waals surface area contributed by atoms with Gasteiger partial charge in [-0.1, -0.05) is 6.42 Å². The number of nitrogens with zero attached hydrogens (tertiary/aromatic N) is 2. The maximum absolute atomic E-state index is 12.6. The molecule has 24 heavy (non-hydrogen) atoms. The van der Waals surface area contributed by atoms with E-state index in [0.717, 1.165) is 19.1 Å². The Morgan fingerprint density at radius 1 is 1.42 bits per heavy atom. The molecule has 134 valence electrons. The van der Waals surface area contributed by atoms with Gasteiger partial charge in [-0.2, -0.15) is 4.31 Å². The molecule has 2 rings (SSSR count). The highest BCUT2D eigenvalue weighted by molar-refractivity contribution is 7.88. The summed E-state index contributed by atoms with van der Waals surface area (Å²) in [6.45, 7) is 1.97. The van der Waals surface area contributed by atoms with E-state index < -0.39 is 22.0 Å². The Labute approximate surface area is 141 Å². The first-order valence-electron chi connectivity index (χ1n) is 7.65. The Bertz CT molecular complexity index is 739. The van der Waals surface area contributed by atoms with Gasteiger partial charge in [0, 0.05) is 13.6 Å². The van der Waals surface area contributed by atoms with Crippen molar-refractivity contribution in [3.05, 3.63) is 23.2 Å². The first-order valence-corrected chi connectivity index (χ1v) is 9.50. The van der Waals surface area contributed by atoms with E-state index in [2.05, 4.69) is 0 Å². The maximum atomic E-state index is 12.6. The molecule has 2 heterocycles. The fraction of sp³-hybridized carbons (Fsp3) is 0.600. The number of carboxylic acids is 1. The second-order valence-corrected chi connectivity index (χ2v) is 8.00. The number of amides is 1. The van der Waals surface area contributed by atoms with Crippen molar-refractivity contribution < 1.29 is 27.5 Å². The molecule has 0 bridgehead atoms. The van der Waals surface area contributed by atoms with Crippen LogP contribution in [0.15, 0.2) is 10.5 Å². The minimum Gasteiger partial charge on any atom is -0.478 e. The molecule has 0 unspecified atom stereocenters. The fourth-order valence-electron chi connectivity index (χ4n) is 2.95. The molecule has 0 spiro atoms. The van der Waals surface area contributed by atoms with Crippen molar-refractivity contribution in [2.24, 2.45) is 0 Å². The number of furan rings is 1. The molecule has 0 saturated carbocycles. The summed E-state index contributed by atoms with van der Waals surface area (Å²) in [5, 5.41) is 9.04. The minimum atomic E-state index is -3.46. The zero-order valence-corrected chi connectivity index (χ0v) is 14.8. The van der Waals surface area contributed by atoms with Gasteiger partial charge in [0.2, 0.25) is 15.9 Å². The number of sulfonamides is 1. The molecule has 0 aromatic carbocycles. The molecular formula is C15H22N2O6S. The van der Waals surface area contributed by atoms with E-state index in [1.165, 1.54) is 15.3 Å². The predicted octanol–water partition coefficient (Wildman–Crippen LogP) is 1.06. The zero-order chi connectivity index (χ0) is 18.1. The lowest BCUT2D eigenvalue weighted by molar-refractivity contribution is -0.135. The molecule has 1 aliphatic rings. The molecule has 1 atom stereocenters. The first-order chi connectivity index (χ1) is 11.1. The van der Waals surface area contributed by atoms with E-state index in [1.807, 2.05) is 0 Å². The van der Waals surface area contributed by atoms with Gasteiger partial charge < -0.3 is 14.4 Å². The molecule has 0 aliphatic carbocycles. The van der Waals surface area contributed by atoms with Crippen LogP contribution in [0.1, 0.15) is 41.1 Å². The summed E-state index contributed by atoms with van der Waals surface area (Å²) < 4.78 is 30.4. The van der Waals surface area contributed by atoms with E-state index >= 15 is 0 Å². The lowest BCUT2D eigenvalue weighted by Gasteiger charge is -2.34. The third kappa shape index (κ3) is 3.96. The smallest absolute Gasteiger partial charge is 0.339 e. The molecule has 1 aliphatic heterocycles. The van der Waals surface area contributed by atoms with Crippen molar-refractivity contribution in [2.75, 3.05) is 19.8 Å². The molecule has 1 fully saturated rings. The number of carboxylic acid groups (broad SMARTS) is 1. The van der Waals surface area contributed by atoms with E-state index in [0.29, 0.717) is 18.7 Å². The molecular weight excluding hydrogens is 336 g/mol. The number of aromatic carboxylic acids is 1. The molecule has 1 saturated heterocycles. The number of hydrogen-bond acceptors (Lipinski definition) is 5. The summed E-state index contributed by atoms with van der Waals surface area (Å²) >= 11 is 0. The molecule has 0 radical (unpaired) electrons. The number of carbonyl (C=O) groups is 2. The van der Waals surface area contributed by atoms with Crippen LogP contribution < -0.4 is 0 Å². The predicted molar refractivity (Wildman–Crippen MR) is 86.1 cm³/mol. The summed E-state index contributed by atoms with van der Waals surface area (Å²) in [7, 11) is -1.90. The Morgan fingerprint density at radius 2 is 2.08 bits per heavy atom. The molecule has 1 aromatic rings. The summed E-state index contributed by atoms with van der Waals surface area (Å²) in [6, 6.07) is 0.671. The van der Waals surface area contributed by atoms with Crippen molar-refractivity contribution >= 4 is 21.9 Å². The van der Waals surface area contributed by atoms with Crippen LogP contribution in [-0.2, 0) is 21.4 Å². The number of hydrogen-bond donors (Lipinski definition) is 1. The maximum Gasteiger partial charge on any atom is 0.339 e. The highest BCUT2D eigenvalue weighted by Crippen LogP contribution is 2.23. The number of piperidine rings is 1. The van der Waals surface area contributed by atoms with Crippen LogP contribution in [0.4, 0.5) is 0 Å². The minimum absolute atomic E-state index is 0.0567. The number of aryl methyl sites for hydroxylation is 1. The van der Waals surface area contributed by atoms with Gasteiger partial charge in [0.1, 0.15) is 23.1 Å². The van der Waals surface area contributed by atoms with Gasteiger partial charge in [-0.25, -0.2) is 13.2 Å². The van der Waals surface area contributed by atoms with Crippen molar-refractivity contribution in [1.82, 2.24) is 9.21 Å². The summed E-state index contributed by atoms with van der Waals surface area (Å²) in [5.41, 5.74) is 0.0567. The van der Waals surface area contributed by atoms with E-state index in [4.69, 9.17) is 9.52 Å². The molecule has 9 heteroatoms. The van der Waals surface area contributed by atoms with E-state index in [1.54, 1.807) is 14.0 Å². The lowest BCUT2D eigenvalue weighted by Crippen LogP contribution is -2.51. The molecule has 1 amide bonds. The van der Waals surface area contributed by atoms with Gasteiger partial charge in [0.25, 0.3) is 0 Å². The first kappa shape index (κ1) is 18.5. The Hall–Kier alpha value is -1.87. The van der Waals surface area contributed by atoms with Gasteiger partial charge >= 0.3 is 5.97 Å². The number of carbonyl (C=O) groups excluding carboxylic acids is 1. The molecule has 8 nitrogen and oxygen atoms in total. The summed E-state index contributed by atoms with van der Waals surface area (Å²) in [6.07, 6.45) is 3.11. The average Bonchev–Trinajstić information content (AvgIpc) is 2.86. The van der Waals surface area contributed by atoms with Crippen LogP contribution in [0.5, 0.6) is 0 Å². The second kappa shape index (κ2) is 6.94. The second-order valence-electron chi connectivity index (χ2n) is 6.07. The van der Waals surface area contributed by atoms with Crippen LogP contribution in [0.25, 0.3) is 0 Å². The third-order valence-corrected chi connectivity index (χ3v) is 5.42. The van der Waals surface area contributed by atoms with Crippen LogP contribution in [0.3, 0.4) is 0 Å². The van der Waals surface area contributed by atoms with Gasteiger partial charge in [-0.15, -0.1) is 0 Å². The summed E-state index contributed by atoms with van der Waals surface area (Å²) in [5.74, 6) is -0.783. The van der Waals surface area contributed by atoms with Crippen molar-refractivity contribution in [3.63, 3.8) is 0 Å². The van der Waals surface area contributed by atoms with Crippen LogP contribution in [-0.4, -0.2) is 60.5 Å². The highest BCUT2D eigenvalue weighted by atomic mass is 32.2. The zero-order valence-electron chi connectivity index (χ0n) is 14.0. The van der Waals surface area contributed by atoms with Crippen molar-refractivity contribution in [1.29, 1.82) is 0 Å². The number of rotatable bonds is 5. The summed E-state index contributed by atoms with van der Waals surface area (Å²) in [4.78, 5) is 25.1. The van der Waals surface area contributed by atoms with Crippen LogP contribution in [0, 0.1) is 6.92 Å². The van der Waals surface area contributed by atoms with Crippen LogP contribution in [0.2, 0.25) is 0 Å². The fourth-order valence-corrected chi connectivity index (χ4v) is 4.07. The lowest BCUT2D eigenvalue weighted by atomic mass is 10.0. The standard InChI is InChI=1S/C15H22N2O6S/c1-10-12(15(19)20)8-11(23-10)9-16(2)14(18)13-6-4-5-7-17(13)24(3,21)22/h8,13H,4-7,9H2,1-3H3,(H,19,20)/t13-/m1/s1. The van der Waals surface area contributed by atoms with E-state index in [9.17, 15) is 18.0 Å². The molecule has 1 N–H and O–H groups in total. The average molecular weight is 358 g/mol. The van der Waals surface area contributed by atoms with Crippen molar-refractivity contribution in [2.45, 2.75) is 38.8 Å². The van der Waals surface area contributed by atoms with Gasteiger partial charge in [0.05, 0.1) is 12.8 Å². The number of likely N-dealkylation sites (N-methyl/N-ethyl adjacent to an activating group) is 1. The monoisotopic (exact) mass is 358 g/mol. The largest absolute Gasteiger partial charge is 0.478 e. The Kier molecular flexibility index (Phi) is 5.34. The normalized spacial score (nSPS) is 19.2. The van der Waals surface area contributed by atoms with Crippen molar-refractivity contribution in [3.8, 4) is 0 Å². The van der Waals surface area contributed by atoms with Gasteiger partial charge in [-0.05, 0) is 25.8 Å².